The van der Waals surface area contributed by atoms with E-state index < -0.39 is 15.6 Å². The zero-order chi connectivity index (χ0) is 13.1. The monoisotopic (exact) mass is 383 g/mol. The lowest BCUT2D eigenvalue weighted by atomic mass is 10.1. The maximum Gasteiger partial charge on any atom is 0.241 e. The fourth-order valence-electron chi connectivity index (χ4n) is 1.33. The summed E-state index contributed by atoms with van der Waals surface area (Å²) in [5.74, 6) is 0. The van der Waals surface area contributed by atoms with Crippen LogP contribution in [0.2, 0.25) is 0 Å². The van der Waals surface area contributed by atoms with E-state index in [0.717, 1.165) is 5.56 Å². The molecule has 0 heterocycles. The van der Waals surface area contributed by atoms with Crippen LogP contribution in [0.3, 0.4) is 0 Å². The van der Waals surface area contributed by atoms with Gasteiger partial charge in [-0.1, -0.05) is 50.1 Å². The van der Waals surface area contributed by atoms with Crippen molar-refractivity contribution in [1.29, 1.82) is 0 Å². The number of halogens is 2. The van der Waals surface area contributed by atoms with E-state index in [2.05, 4.69) is 36.6 Å². The number of aryl methyl sites for hydroxylation is 1. The topological polar surface area (TPSA) is 46.2 Å². The highest BCUT2D eigenvalue weighted by atomic mass is 79.9. The van der Waals surface area contributed by atoms with Crippen molar-refractivity contribution in [2.45, 2.75) is 24.3 Å². The number of sulfonamides is 1. The summed E-state index contributed by atoms with van der Waals surface area (Å²) in [7, 11) is -3.48. The lowest BCUT2D eigenvalue weighted by Crippen LogP contribution is -2.48. The van der Waals surface area contributed by atoms with Gasteiger partial charge in [-0.3, -0.25) is 0 Å². The summed E-state index contributed by atoms with van der Waals surface area (Å²) in [6.45, 7) is 3.63. The lowest BCUT2D eigenvalue weighted by molar-refractivity contribution is 0.508. The van der Waals surface area contributed by atoms with Gasteiger partial charge in [0, 0.05) is 16.2 Å². The minimum absolute atomic E-state index is 0.327. The van der Waals surface area contributed by atoms with Crippen LogP contribution in [0.1, 0.15) is 12.5 Å². The number of hydrogen-bond acceptors (Lipinski definition) is 2. The second-order valence-corrected chi connectivity index (χ2v) is 6.97. The van der Waals surface area contributed by atoms with Crippen LogP contribution in [0.15, 0.2) is 29.2 Å². The Hall–Kier alpha value is 0.0900. The van der Waals surface area contributed by atoms with E-state index in [1.165, 1.54) is 0 Å². The minimum atomic E-state index is -3.48. The van der Waals surface area contributed by atoms with E-state index in [0.29, 0.717) is 15.6 Å². The Kier molecular flexibility index (Phi) is 5.19. The molecular formula is C11H15Br2NO2S. The van der Waals surface area contributed by atoms with Gasteiger partial charge in [0.1, 0.15) is 0 Å². The highest BCUT2D eigenvalue weighted by molar-refractivity contribution is 9.09. The Morgan fingerprint density at radius 2 is 1.76 bits per heavy atom. The maximum atomic E-state index is 12.2. The summed E-state index contributed by atoms with van der Waals surface area (Å²) in [5.41, 5.74) is 0.202. The number of alkyl halides is 2. The smallest absolute Gasteiger partial charge is 0.207 e. The molecule has 0 saturated heterocycles. The van der Waals surface area contributed by atoms with Crippen molar-refractivity contribution in [3.8, 4) is 0 Å². The van der Waals surface area contributed by atoms with Crippen LogP contribution in [0.4, 0.5) is 0 Å². The van der Waals surface area contributed by atoms with Crippen molar-refractivity contribution in [3.05, 3.63) is 29.8 Å². The molecule has 17 heavy (non-hydrogen) atoms. The quantitative estimate of drug-likeness (QED) is 0.793. The molecule has 0 bridgehead atoms. The van der Waals surface area contributed by atoms with Gasteiger partial charge in [0.05, 0.1) is 4.90 Å². The van der Waals surface area contributed by atoms with Gasteiger partial charge in [-0.2, -0.15) is 0 Å². The molecule has 0 unspecified atom stereocenters. The first-order chi connectivity index (χ1) is 7.84. The molecule has 6 heteroatoms. The fourth-order valence-corrected chi connectivity index (χ4v) is 4.56. The van der Waals surface area contributed by atoms with Crippen LogP contribution >= 0.6 is 31.9 Å². The fraction of sp³-hybridized carbons (Fsp3) is 0.455. The van der Waals surface area contributed by atoms with E-state index in [4.69, 9.17) is 0 Å². The molecule has 0 aromatic heterocycles. The average Bonchev–Trinajstić information content (AvgIpc) is 2.28. The van der Waals surface area contributed by atoms with Crippen molar-refractivity contribution in [3.63, 3.8) is 0 Å². The maximum absolute atomic E-state index is 12.2. The molecule has 1 aromatic rings. The van der Waals surface area contributed by atoms with Gasteiger partial charge in [-0.15, -0.1) is 0 Å². The molecule has 0 fully saturated rings. The molecule has 0 saturated carbocycles. The van der Waals surface area contributed by atoms with E-state index >= 15 is 0 Å². The van der Waals surface area contributed by atoms with Crippen molar-refractivity contribution < 1.29 is 8.42 Å². The molecule has 1 rings (SSSR count). The van der Waals surface area contributed by atoms with Gasteiger partial charge in [-0.25, -0.2) is 13.1 Å². The SMILES string of the molecule is Cc1ccccc1S(=O)(=O)NC(C)(CBr)CBr. The Balaban J connectivity index is 3.10. The second-order valence-electron chi connectivity index (χ2n) is 4.20. The normalized spacial score (nSPS) is 12.7. The lowest BCUT2D eigenvalue weighted by Gasteiger charge is -2.26. The van der Waals surface area contributed by atoms with Gasteiger partial charge < -0.3 is 0 Å². The summed E-state index contributed by atoms with van der Waals surface area (Å²) in [6, 6.07) is 6.94. The highest BCUT2D eigenvalue weighted by Crippen LogP contribution is 2.19. The van der Waals surface area contributed by atoms with Gasteiger partial charge in [0.2, 0.25) is 10.0 Å². The zero-order valence-electron chi connectivity index (χ0n) is 9.70. The number of benzene rings is 1. The molecular weight excluding hydrogens is 370 g/mol. The third-order valence-corrected chi connectivity index (χ3v) is 6.63. The number of rotatable bonds is 5. The van der Waals surface area contributed by atoms with Gasteiger partial charge in [-0.05, 0) is 25.5 Å². The van der Waals surface area contributed by atoms with Crippen LogP contribution in [0.5, 0.6) is 0 Å². The van der Waals surface area contributed by atoms with Crippen LogP contribution in [0, 0.1) is 6.92 Å². The molecule has 0 aliphatic carbocycles. The Bertz CT molecular complexity index is 484. The van der Waals surface area contributed by atoms with Gasteiger partial charge in [0.15, 0.2) is 0 Å². The molecule has 0 amide bonds. The number of nitrogens with one attached hydrogen (secondary N) is 1. The van der Waals surface area contributed by atoms with Gasteiger partial charge >= 0.3 is 0 Å². The third kappa shape index (κ3) is 3.77. The van der Waals surface area contributed by atoms with E-state index in [9.17, 15) is 8.42 Å². The predicted octanol–water partition coefficient (Wildman–Crippen LogP) is 2.82. The Morgan fingerprint density at radius 3 is 2.24 bits per heavy atom. The van der Waals surface area contributed by atoms with Gasteiger partial charge in [0.25, 0.3) is 0 Å². The zero-order valence-corrected chi connectivity index (χ0v) is 13.7. The van der Waals surface area contributed by atoms with E-state index in [1.54, 1.807) is 25.1 Å². The van der Waals surface area contributed by atoms with E-state index in [-0.39, 0.29) is 0 Å². The summed E-state index contributed by atoms with van der Waals surface area (Å²) < 4.78 is 27.2. The first-order valence-electron chi connectivity index (χ1n) is 5.06. The standard InChI is InChI=1S/C11H15Br2NO2S/c1-9-5-3-4-6-10(9)17(15,16)14-11(2,7-12)8-13/h3-6,14H,7-8H2,1-2H3. The van der Waals surface area contributed by atoms with Crippen molar-refractivity contribution >= 4 is 41.9 Å². The first kappa shape index (κ1) is 15.1. The summed E-state index contributed by atoms with van der Waals surface area (Å²) in [6.07, 6.45) is 0. The average molecular weight is 385 g/mol. The summed E-state index contributed by atoms with van der Waals surface area (Å²) >= 11 is 6.64. The predicted molar refractivity (Wildman–Crippen MR) is 77.5 cm³/mol. The Morgan fingerprint density at radius 1 is 1.24 bits per heavy atom. The molecule has 0 aliphatic rings. The van der Waals surface area contributed by atoms with Crippen LogP contribution in [0.25, 0.3) is 0 Å². The van der Waals surface area contributed by atoms with Crippen LogP contribution in [-0.4, -0.2) is 24.6 Å². The minimum Gasteiger partial charge on any atom is -0.207 e. The largest absolute Gasteiger partial charge is 0.241 e. The molecule has 0 spiro atoms. The highest BCUT2D eigenvalue weighted by Gasteiger charge is 2.29. The molecule has 0 radical (unpaired) electrons. The third-order valence-electron chi connectivity index (χ3n) is 2.35. The molecule has 0 atom stereocenters. The summed E-state index contributed by atoms with van der Waals surface area (Å²) in [5, 5.41) is 1.08. The van der Waals surface area contributed by atoms with E-state index in [1.807, 2.05) is 13.0 Å². The first-order valence-corrected chi connectivity index (χ1v) is 8.79. The Labute approximate surface area is 119 Å². The molecule has 3 nitrogen and oxygen atoms in total. The molecule has 96 valence electrons. The van der Waals surface area contributed by atoms with Crippen LogP contribution < -0.4 is 4.72 Å². The second kappa shape index (κ2) is 5.82. The molecule has 1 N–H and O–H groups in total. The van der Waals surface area contributed by atoms with Crippen molar-refractivity contribution in [2.75, 3.05) is 10.7 Å². The number of hydrogen-bond donors (Lipinski definition) is 1. The molecule has 0 aliphatic heterocycles. The van der Waals surface area contributed by atoms with Crippen LogP contribution in [-0.2, 0) is 10.0 Å². The molecule has 1 aromatic carbocycles. The summed E-state index contributed by atoms with van der Waals surface area (Å²) in [4.78, 5) is 0.327. The van der Waals surface area contributed by atoms with Crippen molar-refractivity contribution in [1.82, 2.24) is 4.72 Å². The van der Waals surface area contributed by atoms with Crippen molar-refractivity contribution in [2.24, 2.45) is 0 Å².